The minimum Gasteiger partial charge on any atom is -0.391 e. The van der Waals surface area contributed by atoms with Crippen molar-refractivity contribution >= 4 is 17.5 Å². The van der Waals surface area contributed by atoms with Crippen LogP contribution in [0.2, 0.25) is 5.02 Å². The largest absolute Gasteiger partial charge is 0.391 e. The molecule has 2 N–H and O–H groups in total. The summed E-state index contributed by atoms with van der Waals surface area (Å²) in [4.78, 5) is 25.9. The summed E-state index contributed by atoms with van der Waals surface area (Å²) >= 11 is 5.97. The predicted molar refractivity (Wildman–Crippen MR) is 108 cm³/mol. The first-order valence-electron chi connectivity index (χ1n) is 9.30. The number of nitrogens with one attached hydrogen (secondary N) is 1. The molecule has 0 saturated heterocycles. The number of hydrogen-bond acceptors (Lipinski definition) is 5. The molecule has 1 saturated carbocycles. The van der Waals surface area contributed by atoms with Crippen LogP contribution >= 0.6 is 11.6 Å². The molecule has 1 aromatic carbocycles. The summed E-state index contributed by atoms with van der Waals surface area (Å²) in [6, 6.07) is 8.08. The van der Waals surface area contributed by atoms with Crippen LogP contribution in [0.15, 0.2) is 47.5 Å². The van der Waals surface area contributed by atoms with E-state index >= 15 is 0 Å². The van der Waals surface area contributed by atoms with Gasteiger partial charge in [-0.05, 0) is 37.5 Å². The van der Waals surface area contributed by atoms with Crippen molar-refractivity contribution in [3.63, 3.8) is 0 Å². The second-order valence-corrected chi connectivity index (χ2v) is 7.55. The lowest BCUT2D eigenvalue weighted by atomic mass is 10.1. The quantitative estimate of drug-likeness (QED) is 0.680. The topological polar surface area (TPSA) is 102 Å². The average Bonchev–Trinajstić information content (AvgIpc) is 3.31. The molecule has 1 aliphatic rings. The van der Waals surface area contributed by atoms with Gasteiger partial charge in [-0.2, -0.15) is 14.9 Å². The third-order valence-corrected chi connectivity index (χ3v) is 5.28. The van der Waals surface area contributed by atoms with Crippen LogP contribution in [0.5, 0.6) is 0 Å². The molecule has 1 fully saturated rings. The van der Waals surface area contributed by atoms with E-state index < -0.39 is 17.6 Å². The zero-order valence-electron chi connectivity index (χ0n) is 15.7. The van der Waals surface area contributed by atoms with Crippen LogP contribution in [0.1, 0.15) is 29.6 Å². The Kier molecular flexibility index (Phi) is 5.21. The Labute approximate surface area is 171 Å². The molecule has 0 aliphatic heterocycles. The number of aliphatic hydroxyl groups is 1. The van der Waals surface area contributed by atoms with Crippen LogP contribution in [0.4, 0.5) is 0 Å². The number of aryl methyl sites for hydroxylation is 1. The zero-order valence-corrected chi connectivity index (χ0v) is 16.5. The summed E-state index contributed by atoms with van der Waals surface area (Å²) in [6.07, 6.45) is 4.69. The molecule has 150 valence electrons. The van der Waals surface area contributed by atoms with Crippen molar-refractivity contribution in [1.82, 2.24) is 24.9 Å². The zero-order chi connectivity index (χ0) is 20.5. The van der Waals surface area contributed by atoms with Crippen LogP contribution in [-0.4, -0.2) is 42.7 Å². The van der Waals surface area contributed by atoms with Crippen molar-refractivity contribution in [2.24, 2.45) is 7.05 Å². The van der Waals surface area contributed by atoms with Gasteiger partial charge in [-0.15, -0.1) is 0 Å². The summed E-state index contributed by atoms with van der Waals surface area (Å²) in [5, 5.41) is 21.9. The molecule has 1 unspecified atom stereocenters. The molecular weight excluding hydrogens is 394 g/mol. The highest BCUT2D eigenvalue weighted by Crippen LogP contribution is 2.22. The lowest BCUT2D eigenvalue weighted by molar-refractivity contribution is 0.0871. The van der Waals surface area contributed by atoms with E-state index in [1.165, 1.54) is 12.3 Å². The van der Waals surface area contributed by atoms with Crippen molar-refractivity contribution in [2.45, 2.75) is 31.4 Å². The first-order chi connectivity index (χ1) is 13.9. The summed E-state index contributed by atoms with van der Waals surface area (Å²) in [6.45, 7) is 0. The van der Waals surface area contributed by atoms with Gasteiger partial charge in [-0.25, -0.2) is 0 Å². The van der Waals surface area contributed by atoms with Crippen LogP contribution in [0.25, 0.3) is 16.9 Å². The third kappa shape index (κ3) is 3.94. The number of halogens is 1. The van der Waals surface area contributed by atoms with E-state index in [2.05, 4.69) is 15.5 Å². The number of aromatic nitrogens is 4. The van der Waals surface area contributed by atoms with E-state index in [9.17, 15) is 14.7 Å². The fraction of sp³-hybridized carbons (Fsp3) is 0.300. The smallest absolute Gasteiger partial charge is 0.284 e. The molecular formula is C20H20ClN5O3. The molecule has 0 spiro atoms. The number of benzene rings is 1. The number of rotatable bonds is 4. The SMILES string of the molecule is Cn1cc(-n2nc(-c3ccc(Cl)cc3)cc(C(=O)N[C@H]3CCCC3O)c2=O)cn1. The Morgan fingerprint density at radius 3 is 2.66 bits per heavy atom. The van der Waals surface area contributed by atoms with Gasteiger partial charge in [0.1, 0.15) is 11.3 Å². The van der Waals surface area contributed by atoms with E-state index in [0.717, 1.165) is 11.1 Å². The van der Waals surface area contributed by atoms with Gasteiger partial charge in [0, 0.05) is 17.6 Å². The molecule has 29 heavy (non-hydrogen) atoms. The first-order valence-corrected chi connectivity index (χ1v) is 9.68. The van der Waals surface area contributed by atoms with Crippen LogP contribution in [0, 0.1) is 0 Å². The van der Waals surface area contributed by atoms with E-state index in [-0.39, 0.29) is 11.6 Å². The summed E-state index contributed by atoms with van der Waals surface area (Å²) in [7, 11) is 1.73. The van der Waals surface area contributed by atoms with Crippen LogP contribution in [-0.2, 0) is 7.05 Å². The lowest BCUT2D eigenvalue weighted by Crippen LogP contribution is -2.42. The Bertz CT molecular complexity index is 1110. The minimum absolute atomic E-state index is 0.0482. The number of carbonyl (C=O) groups is 1. The van der Waals surface area contributed by atoms with Gasteiger partial charge in [-0.3, -0.25) is 14.3 Å². The Balaban J connectivity index is 1.80. The molecule has 2 heterocycles. The van der Waals surface area contributed by atoms with Crippen molar-refractivity contribution in [2.75, 3.05) is 0 Å². The van der Waals surface area contributed by atoms with E-state index in [1.807, 2.05) is 0 Å². The highest BCUT2D eigenvalue weighted by molar-refractivity contribution is 6.30. The van der Waals surface area contributed by atoms with Crippen LogP contribution in [0.3, 0.4) is 0 Å². The van der Waals surface area contributed by atoms with E-state index in [1.54, 1.807) is 42.2 Å². The Morgan fingerprint density at radius 2 is 2.03 bits per heavy atom. The van der Waals surface area contributed by atoms with Gasteiger partial charge in [-0.1, -0.05) is 23.7 Å². The fourth-order valence-electron chi connectivity index (χ4n) is 3.47. The van der Waals surface area contributed by atoms with Crippen molar-refractivity contribution < 1.29 is 9.90 Å². The summed E-state index contributed by atoms with van der Waals surface area (Å²) in [5.74, 6) is -0.531. The van der Waals surface area contributed by atoms with Gasteiger partial charge < -0.3 is 10.4 Å². The maximum absolute atomic E-state index is 13.0. The molecule has 3 aromatic rings. The molecule has 1 aliphatic carbocycles. The maximum Gasteiger partial charge on any atom is 0.284 e. The highest BCUT2D eigenvalue weighted by Gasteiger charge is 2.28. The molecule has 9 heteroatoms. The van der Waals surface area contributed by atoms with Gasteiger partial charge in [0.25, 0.3) is 11.5 Å². The van der Waals surface area contributed by atoms with Gasteiger partial charge >= 0.3 is 0 Å². The second-order valence-electron chi connectivity index (χ2n) is 7.12. The van der Waals surface area contributed by atoms with Gasteiger partial charge in [0.05, 0.1) is 30.2 Å². The normalized spacial score (nSPS) is 18.7. The number of hydrogen-bond donors (Lipinski definition) is 2. The fourth-order valence-corrected chi connectivity index (χ4v) is 3.59. The lowest BCUT2D eigenvalue weighted by Gasteiger charge is -2.17. The molecule has 2 atom stereocenters. The number of aliphatic hydroxyl groups excluding tert-OH is 1. The predicted octanol–water partition coefficient (Wildman–Crippen LogP) is 1.93. The Morgan fingerprint density at radius 1 is 1.28 bits per heavy atom. The number of amides is 1. The molecule has 0 radical (unpaired) electrons. The molecule has 4 rings (SSSR count). The highest BCUT2D eigenvalue weighted by atomic mass is 35.5. The van der Waals surface area contributed by atoms with Crippen molar-refractivity contribution in [1.29, 1.82) is 0 Å². The first kappa shape index (κ1) is 19.4. The monoisotopic (exact) mass is 413 g/mol. The molecule has 0 bridgehead atoms. The minimum atomic E-state index is -0.600. The number of nitrogens with zero attached hydrogens (tertiary/aromatic N) is 4. The van der Waals surface area contributed by atoms with E-state index in [0.29, 0.717) is 34.8 Å². The molecule has 2 aromatic heterocycles. The van der Waals surface area contributed by atoms with Gasteiger partial charge in [0.2, 0.25) is 0 Å². The standard InChI is InChI=1S/C20H20ClN5O3/c1-25-11-14(10-22-25)26-20(29)15(19(28)23-16-3-2-4-18(16)27)9-17(24-26)12-5-7-13(21)8-6-12/h5-11,16,18,27H,2-4H2,1H3,(H,23,28)/t16-,18?/m0/s1. The van der Waals surface area contributed by atoms with Crippen molar-refractivity contribution in [3.05, 3.63) is 63.7 Å². The number of carbonyl (C=O) groups excluding carboxylic acids is 1. The molecule has 1 amide bonds. The van der Waals surface area contributed by atoms with E-state index in [4.69, 9.17) is 11.6 Å². The molecule has 8 nitrogen and oxygen atoms in total. The third-order valence-electron chi connectivity index (χ3n) is 5.03. The Hall–Kier alpha value is -2.97. The van der Waals surface area contributed by atoms with Crippen LogP contribution < -0.4 is 10.9 Å². The maximum atomic E-state index is 13.0. The second kappa shape index (κ2) is 7.81. The summed E-state index contributed by atoms with van der Waals surface area (Å²) in [5.41, 5.74) is 1.00. The van der Waals surface area contributed by atoms with Crippen molar-refractivity contribution in [3.8, 4) is 16.9 Å². The average molecular weight is 414 g/mol. The van der Waals surface area contributed by atoms with Gasteiger partial charge in [0.15, 0.2) is 0 Å². The summed E-state index contributed by atoms with van der Waals surface area (Å²) < 4.78 is 2.71.